The molecule has 0 spiro atoms. The average molecular weight is 407 g/mol. The fourth-order valence-corrected chi connectivity index (χ4v) is 3.55. The number of nitrogens with one attached hydrogen (secondary N) is 1. The van der Waals surface area contributed by atoms with Crippen LogP contribution in [0.15, 0.2) is 88.9 Å². The quantitative estimate of drug-likeness (QED) is 0.565. The number of carbonyl (C=O) groups excluding carboxylic acids is 2. The Labute approximate surface area is 174 Å². The third-order valence-electron chi connectivity index (χ3n) is 4.26. The zero-order chi connectivity index (χ0) is 20.5. The van der Waals surface area contributed by atoms with E-state index >= 15 is 0 Å². The number of amides is 1. The predicted molar refractivity (Wildman–Crippen MR) is 113 cm³/mol. The first-order chi connectivity index (χ1) is 14.1. The zero-order valence-electron chi connectivity index (χ0n) is 16.1. The summed E-state index contributed by atoms with van der Waals surface area (Å²) in [4.78, 5) is 29.8. The predicted octanol–water partition coefficient (Wildman–Crippen LogP) is 4.31. The Bertz CT molecular complexity index is 949. The SMILES string of the molecule is CC(CNC(=O)COC(=O)c1cccnc1Sc1ccccc1)c1ccccc1. The van der Waals surface area contributed by atoms with E-state index in [0.29, 0.717) is 17.1 Å². The van der Waals surface area contributed by atoms with Gasteiger partial charge in [0.05, 0.1) is 5.56 Å². The second-order valence-corrected chi connectivity index (χ2v) is 7.53. The summed E-state index contributed by atoms with van der Waals surface area (Å²) in [6.45, 7) is 2.18. The van der Waals surface area contributed by atoms with Gasteiger partial charge in [-0.2, -0.15) is 0 Å². The van der Waals surface area contributed by atoms with Crippen molar-refractivity contribution in [1.29, 1.82) is 0 Å². The molecule has 2 aromatic carbocycles. The Morgan fingerprint density at radius 3 is 2.41 bits per heavy atom. The maximum absolute atomic E-state index is 12.5. The minimum atomic E-state index is -0.567. The summed E-state index contributed by atoms with van der Waals surface area (Å²) >= 11 is 1.38. The van der Waals surface area contributed by atoms with Gasteiger partial charge in [0.25, 0.3) is 5.91 Å². The Morgan fingerprint density at radius 2 is 1.69 bits per heavy atom. The van der Waals surface area contributed by atoms with Crippen molar-refractivity contribution in [3.05, 3.63) is 90.1 Å². The second-order valence-electron chi connectivity index (χ2n) is 6.46. The molecule has 1 atom stereocenters. The molecular weight excluding hydrogens is 384 g/mol. The molecule has 0 bridgehead atoms. The highest BCUT2D eigenvalue weighted by molar-refractivity contribution is 7.99. The van der Waals surface area contributed by atoms with Crippen molar-refractivity contribution in [3.63, 3.8) is 0 Å². The Kier molecular flexibility index (Phi) is 7.41. The van der Waals surface area contributed by atoms with Gasteiger partial charge in [0.15, 0.2) is 6.61 Å². The first-order valence-corrected chi connectivity index (χ1v) is 10.1. The minimum absolute atomic E-state index is 0.169. The van der Waals surface area contributed by atoms with Crippen LogP contribution < -0.4 is 5.32 Å². The number of pyridine rings is 1. The van der Waals surface area contributed by atoms with Crippen molar-refractivity contribution in [2.75, 3.05) is 13.2 Å². The Balaban J connectivity index is 1.52. The Hall–Kier alpha value is -3.12. The summed E-state index contributed by atoms with van der Waals surface area (Å²) in [5.41, 5.74) is 1.48. The third-order valence-corrected chi connectivity index (χ3v) is 5.28. The number of carbonyl (C=O) groups is 2. The molecule has 1 aromatic heterocycles. The molecule has 0 saturated carbocycles. The zero-order valence-corrected chi connectivity index (χ0v) is 16.9. The number of esters is 1. The molecule has 29 heavy (non-hydrogen) atoms. The monoisotopic (exact) mass is 406 g/mol. The van der Waals surface area contributed by atoms with Crippen LogP contribution >= 0.6 is 11.8 Å². The van der Waals surface area contributed by atoms with Gasteiger partial charge in [-0.1, -0.05) is 67.2 Å². The van der Waals surface area contributed by atoms with E-state index in [1.54, 1.807) is 18.3 Å². The van der Waals surface area contributed by atoms with E-state index in [0.717, 1.165) is 10.5 Å². The van der Waals surface area contributed by atoms with E-state index in [9.17, 15) is 9.59 Å². The molecule has 5 nitrogen and oxygen atoms in total. The summed E-state index contributed by atoms with van der Waals surface area (Å²) in [6.07, 6.45) is 1.62. The summed E-state index contributed by atoms with van der Waals surface area (Å²) in [5.74, 6) is -0.729. The van der Waals surface area contributed by atoms with Crippen molar-refractivity contribution >= 4 is 23.6 Å². The third kappa shape index (κ3) is 6.19. The maximum Gasteiger partial charge on any atom is 0.341 e. The van der Waals surface area contributed by atoms with Gasteiger partial charge in [-0.25, -0.2) is 9.78 Å². The van der Waals surface area contributed by atoms with Crippen molar-refractivity contribution in [3.8, 4) is 0 Å². The van der Waals surface area contributed by atoms with Crippen LogP contribution in [0.3, 0.4) is 0 Å². The summed E-state index contributed by atoms with van der Waals surface area (Å²) in [5, 5.41) is 3.35. The van der Waals surface area contributed by atoms with Gasteiger partial charge in [0.2, 0.25) is 0 Å². The molecule has 0 radical (unpaired) electrons. The number of rotatable bonds is 8. The lowest BCUT2D eigenvalue weighted by Crippen LogP contribution is -2.31. The summed E-state index contributed by atoms with van der Waals surface area (Å²) in [7, 11) is 0. The minimum Gasteiger partial charge on any atom is -0.452 e. The van der Waals surface area contributed by atoms with E-state index in [2.05, 4.69) is 10.3 Å². The smallest absolute Gasteiger partial charge is 0.341 e. The largest absolute Gasteiger partial charge is 0.452 e. The number of aromatic nitrogens is 1. The van der Waals surface area contributed by atoms with Gasteiger partial charge in [0, 0.05) is 17.6 Å². The number of hydrogen-bond acceptors (Lipinski definition) is 5. The molecule has 0 saturated heterocycles. The number of hydrogen-bond donors (Lipinski definition) is 1. The normalized spacial score (nSPS) is 11.5. The maximum atomic E-state index is 12.5. The average Bonchev–Trinajstić information content (AvgIpc) is 2.77. The van der Waals surface area contributed by atoms with Crippen molar-refractivity contribution in [1.82, 2.24) is 10.3 Å². The molecule has 3 aromatic rings. The molecule has 0 aliphatic rings. The van der Waals surface area contributed by atoms with Crippen LogP contribution in [0, 0.1) is 0 Å². The van der Waals surface area contributed by atoms with Gasteiger partial charge < -0.3 is 10.1 Å². The van der Waals surface area contributed by atoms with E-state index < -0.39 is 5.97 Å². The van der Waals surface area contributed by atoms with Crippen LogP contribution in [-0.2, 0) is 9.53 Å². The highest BCUT2D eigenvalue weighted by atomic mass is 32.2. The number of nitrogens with zero attached hydrogens (tertiary/aromatic N) is 1. The second kappa shape index (κ2) is 10.4. The van der Waals surface area contributed by atoms with Gasteiger partial charge >= 0.3 is 5.97 Å². The van der Waals surface area contributed by atoms with Gasteiger partial charge in [-0.15, -0.1) is 0 Å². The van der Waals surface area contributed by atoms with Crippen LogP contribution in [0.1, 0.15) is 28.8 Å². The number of ether oxygens (including phenoxy) is 1. The molecule has 3 rings (SSSR count). The lowest BCUT2D eigenvalue weighted by molar-refractivity contribution is -0.124. The molecule has 1 unspecified atom stereocenters. The molecule has 0 aliphatic carbocycles. The van der Waals surface area contributed by atoms with Crippen molar-refractivity contribution in [2.24, 2.45) is 0 Å². The van der Waals surface area contributed by atoms with Crippen LogP contribution in [-0.4, -0.2) is 30.0 Å². The van der Waals surface area contributed by atoms with Gasteiger partial charge in [-0.05, 0) is 35.7 Å². The van der Waals surface area contributed by atoms with Crippen LogP contribution in [0.4, 0.5) is 0 Å². The van der Waals surface area contributed by atoms with Gasteiger partial charge in [0.1, 0.15) is 5.03 Å². The standard InChI is InChI=1S/C23H22N2O3S/c1-17(18-9-4-2-5-10-18)15-25-21(26)16-28-23(27)20-13-8-14-24-22(20)29-19-11-6-3-7-12-19/h2-14,17H,15-16H2,1H3,(H,25,26). The lowest BCUT2D eigenvalue weighted by Gasteiger charge is -2.13. The van der Waals surface area contributed by atoms with E-state index in [1.807, 2.05) is 67.6 Å². The van der Waals surface area contributed by atoms with Crippen LogP contribution in [0.2, 0.25) is 0 Å². The molecular formula is C23H22N2O3S. The molecule has 6 heteroatoms. The van der Waals surface area contributed by atoms with Crippen LogP contribution in [0.5, 0.6) is 0 Å². The fourth-order valence-electron chi connectivity index (χ4n) is 2.65. The lowest BCUT2D eigenvalue weighted by atomic mass is 10.0. The first kappa shape index (κ1) is 20.6. The van der Waals surface area contributed by atoms with E-state index in [1.165, 1.54) is 11.8 Å². The van der Waals surface area contributed by atoms with E-state index in [-0.39, 0.29) is 18.4 Å². The van der Waals surface area contributed by atoms with E-state index in [4.69, 9.17) is 4.74 Å². The molecule has 1 N–H and O–H groups in total. The summed E-state index contributed by atoms with van der Waals surface area (Å²) < 4.78 is 5.20. The molecule has 0 aliphatic heterocycles. The molecule has 148 valence electrons. The first-order valence-electron chi connectivity index (χ1n) is 9.30. The molecule has 1 amide bonds. The van der Waals surface area contributed by atoms with Crippen LogP contribution in [0.25, 0.3) is 0 Å². The highest BCUT2D eigenvalue weighted by Crippen LogP contribution is 2.28. The molecule has 1 heterocycles. The van der Waals surface area contributed by atoms with Crippen molar-refractivity contribution < 1.29 is 14.3 Å². The molecule has 0 fully saturated rings. The topological polar surface area (TPSA) is 68.3 Å². The Morgan fingerprint density at radius 1 is 1.00 bits per heavy atom. The van der Waals surface area contributed by atoms with Crippen molar-refractivity contribution in [2.45, 2.75) is 22.8 Å². The highest BCUT2D eigenvalue weighted by Gasteiger charge is 2.16. The van der Waals surface area contributed by atoms with Gasteiger partial charge in [-0.3, -0.25) is 4.79 Å². The summed E-state index contributed by atoms with van der Waals surface area (Å²) in [6, 6.07) is 22.9. The number of benzene rings is 2. The fraction of sp³-hybridized carbons (Fsp3) is 0.174.